The summed E-state index contributed by atoms with van der Waals surface area (Å²) in [4.78, 5) is 0. The van der Waals surface area contributed by atoms with Crippen molar-refractivity contribution in [3.8, 4) is 5.75 Å². The van der Waals surface area contributed by atoms with Crippen LogP contribution in [0.5, 0.6) is 5.75 Å². The summed E-state index contributed by atoms with van der Waals surface area (Å²) in [5.41, 5.74) is 1.25. The molecule has 1 nitrogen and oxygen atoms in total. The Balaban J connectivity index is 2.42. The Hall–Kier alpha value is -0.900. The quantitative estimate of drug-likeness (QED) is 0.610. The second-order valence-corrected chi connectivity index (χ2v) is 5.38. The van der Waals surface area contributed by atoms with Crippen LogP contribution in [-0.2, 0) is 0 Å². The molecular weight excluding hydrogens is 210 g/mol. The second-order valence-electron chi connectivity index (χ2n) is 3.15. The maximum absolute atomic E-state index is 5.62. The van der Waals surface area contributed by atoms with Crippen molar-refractivity contribution in [2.75, 3.05) is 0 Å². The molecule has 3 rings (SSSR count). The predicted molar refractivity (Wildman–Crippen MR) is 65.0 cm³/mol. The molecule has 1 heterocycles. The molecule has 2 aromatic rings. The standard InChI is InChI=1S/C11H8OP2/c1-2-4-9-8(3-1)5-6-11-10(9)7-13-14-12-11/h1-7,14H. The molecule has 2 aromatic carbocycles. The first-order valence-electron chi connectivity index (χ1n) is 4.42. The molecule has 0 saturated heterocycles. The van der Waals surface area contributed by atoms with Crippen molar-refractivity contribution in [2.24, 2.45) is 0 Å². The monoisotopic (exact) mass is 218 g/mol. The summed E-state index contributed by atoms with van der Waals surface area (Å²) in [6.45, 7) is 0. The summed E-state index contributed by atoms with van der Waals surface area (Å²) in [6, 6.07) is 12.6. The highest BCUT2D eigenvalue weighted by Gasteiger charge is 2.08. The lowest BCUT2D eigenvalue weighted by Crippen LogP contribution is -1.90. The molecule has 0 aliphatic carbocycles. The van der Waals surface area contributed by atoms with Gasteiger partial charge >= 0.3 is 0 Å². The third kappa shape index (κ3) is 1.25. The Kier molecular flexibility index (Phi) is 2.01. The summed E-state index contributed by atoms with van der Waals surface area (Å²) >= 11 is 0. The zero-order valence-electron chi connectivity index (χ0n) is 7.40. The van der Waals surface area contributed by atoms with Crippen LogP contribution in [0.1, 0.15) is 5.56 Å². The number of fused-ring (bicyclic) bond motifs is 3. The van der Waals surface area contributed by atoms with Crippen LogP contribution in [-0.4, -0.2) is 5.80 Å². The fourth-order valence-corrected chi connectivity index (χ4v) is 3.44. The summed E-state index contributed by atoms with van der Waals surface area (Å²) in [5, 5.41) is 2.58. The fourth-order valence-electron chi connectivity index (χ4n) is 1.66. The van der Waals surface area contributed by atoms with Gasteiger partial charge < -0.3 is 4.52 Å². The Morgan fingerprint density at radius 2 is 2.00 bits per heavy atom. The molecule has 0 radical (unpaired) electrons. The largest absolute Gasteiger partial charge is 0.468 e. The third-order valence-corrected chi connectivity index (χ3v) is 4.11. The fraction of sp³-hybridized carbons (Fsp3) is 0. The molecule has 1 unspecified atom stereocenters. The number of hydrogen-bond donors (Lipinski definition) is 0. The minimum atomic E-state index is 0.556. The van der Waals surface area contributed by atoms with Crippen LogP contribution in [0, 0.1) is 0 Å². The molecule has 0 aromatic heterocycles. The van der Waals surface area contributed by atoms with Gasteiger partial charge in [0.15, 0.2) is 0 Å². The van der Waals surface area contributed by atoms with Gasteiger partial charge in [0.05, 0.1) is 0 Å². The van der Waals surface area contributed by atoms with E-state index < -0.39 is 0 Å². The van der Waals surface area contributed by atoms with E-state index in [1.165, 1.54) is 24.2 Å². The molecule has 1 aliphatic heterocycles. The minimum absolute atomic E-state index is 0.556. The van der Waals surface area contributed by atoms with Gasteiger partial charge in [0.2, 0.25) is 0 Å². The van der Waals surface area contributed by atoms with Gasteiger partial charge in [-0.05, 0) is 30.5 Å². The van der Waals surface area contributed by atoms with Crippen LogP contribution < -0.4 is 4.52 Å². The van der Waals surface area contributed by atoms with Crippen LogP contribution in [0.2, 0.25) is 0 Å². The maximum atomic E-state index is 5.62. The molecular formula is C11H8OP2. The van der Waals surface area contributed by atoms with Crippen molar-refractivity contribution in [1.82, 2.24) is 0 Å². The first kappa shape index (κ1) is 8.41. The van der Waals surface area contributed by atoms with Crippen LogP contribution in [0.3, 0.4) is 0 Å². The zero-order chi connectivity index (χ0) is 9.38. The first-order chi connectivity index (χ1) is 6.95. The van der Waals surface area contributed by atoms with E-state index >= 15 is 0 Å². The lowest BCUT2D eigenvalue weighted by Gasteiger charge is -2.13. The summed E-state index contributed by atoms with van der Waals surface area (Å²) < 4.78 is 5.62. The first-order valence-corrected chi connectivity index (χ1v) is 7.13. The lowest BCUT2D eigenvalue weighted by molar-refractivity contribution is 0.642. The smallest absolute Gasteiger partial charge is 0.132 e. The van der Waals surface area contributed by atoms with E-state index in [1.54, 1.807) is 0 Å². The highest BCUT2D eigenvalue weighted by molar-refractivity contribution is 8.09. The van der Waals surface area contributed by atoms with Crippen LogP contribution >= 0.6 is 16.4 Å². The van der Waals surface area contributed by atoms with E-state index in [4.69, 9.17) is 4.52 Å². The average Bonchev–Trinajstić information content (AvgIpc) is 2.29. The molecule has 3 heteroatoms. The normalized spacial score (nSPS) is 16.6. The summed E-state index contributed by atoms with van der Waals surface area (Å²) in [7, 11) is 1.83. The molecule has 0 amide bonds. The molecule has 1 atom stereocenters. The van der Waals surface area contributed by atoms with Gasteiger partial charge in [-0.3, -0.25) is 0 Å². The summed E-state index contributed by atoms with van der Waals surface area (Å²) in [5.74, 6) is 3.28. The molecule has 1 aliphatic rings. The predicted octanol–water partition coefficient (Wildman–Crippen LogP) is 3.84. The zero-order valence-corrected chi connectivity index (χ0v) is 9.29. The van der Waals surface area contributed by atoms with Crippen molar-refractivity contribution in [3.05, 3.63) is 42.0 Å². The summed E-state index contributed by atoms with van der Waals surface area (Å²) in [6.07, 6.45) is 0. The van der Waals surface area contributed by atoms with Crippen molar-refractivity contribution >= 4 is 33.0 Å². The maximum Gasteiger partial charge on any atom is 0.132 e. The van der Waals surface area contributed by atoms with Gasteiger partial charge in [-0.25, -0.2) is 0 Å². The Labute approximate surface area is 85.7 Å². The Morgan fingerprint density at radius 3 is 3.00 bits per heavy atom. The van der Waals surface area contributed by atoms with Gasteiger partial charge in [-0.15, -0.1) is 0 Å². The van der Waals surface area contributed by atoms with E-state index in [0.717, 1.165) is 5.75 Å². The van der Waals surface area contributed by atoms with E-state index in [1.807, 2.05) is 0 Å². The van der Waals surface area contributed by atoms with Gasteiger partial charge in [0, 0.05) is 5.56 Å². The highest BCUT2D eigenvalue weighted by Crippen LogP contribution is 2.41. The van der Waals surface area contributed by atoms with Crippen LogP contribution in [0.25, 0.3) is 10.8 Å². The van der Waals surface area contributed by atoms with Gasteiger partial charge in [-0.2, -0.15) is 0 Å². The highest BCUT2D eigenvalue weighted by atomic mass is 32.0. The number of benzene rings is 2. The topological polar surface area (TPSA) is 9.23 Å². The molecule has 0 bridgehead atoms. The van der Waals surface area contributed by atoms with E-state index in [2.05, 4.69) is 42.2 Å². The molecule has 68 valence electrons. The molecule has 0 N–H and O–H groups in total. The van der Waals surface area contributed by atoms with Crippen LogP contribution in [0.4, 0.5) is 0 Å². The van der Waals surface area contributed by atoms with Crippen LogP contribution in [0.15, 0.2) is 36.4 Å². The molecule has 0 fully saturated rings. The van der Waals surface area contributed by atoms with E-state index in [0.29, 0.717) is 8.50 Å². The number of rotatable bonds is 0. The number of hydrogen-bond acceptors (Lipinski definition) is 1. The van der Waals surface area contributed by atoms with Crippen molar-refractivity contribution < 1.29 is 4.52 Å². The third-order valence-electron chi connectivity index (χ3n) is 2.33. The Morgan fingerprint density at radius 1 is 1.07 bits per heavy atom. The van der Waals surface area contributed by atoms with Gasteiger partial charge in [0.25, 0.3) is 0 Å². The van der Waals surface area contributed by atoms with Crippen molar-refractivity contribution in [1.29, 1.82) is 0 Å². The van der Waals surface area contributed by atoms with Crippen molar-refractivity contribution in [2.45, 2.75) is 0 Å². The second kappa shape index (κ2) is 3.35. The molecule has 0 spiro atoms. The lowest BCUT2D eigenvalue weighted by atomic mass is 10.1. The van der Waals surface area contributed by atoms with E-state index in [-0.39, 0.29) is 0 Å². The minimum Gasteiger partial charge on any atom is -0.468 e. The molecule has 14 heavy (non-hydrogen) atoms. The molecule has 0 saturated carbocycles. The SMILES string of the molecule is C1=PPOc2ccc3ccccc3c21. The van der Waals surface area contributed by atoms with Gasteiger partial charge in [-0.1, -0.05) is 30.3 Å². The Bertz CT molecular complexity index is 520. The average molecular weight is 218 g/mol. The van der Waals surface area contributed by atoms with E-state index in [9.17, 15) is 0 Å². The van der Waals surface area contributed by atoms with Crippen molar-refractivity contribution in [3.63, 3.8) is 0 Å². The van der Waals surface area contributed by atoms with Gasteiger partial charge in [0.1, 0.15) is 14.2 Å².